The van der Waals surface area contributed by atoms with Gasteiger partial charge in [-0.2, -0.15) is 4.31 Å². The molecule has 0 amide bonds. The molecular weight excluding hydrogens is 317 g/mol. The number of hydrogen-bond donors (Lipinski definition) is 1. The maximum atomic E-state index is 13.8. The fourth-order valence-corrected chi connectivity index (χ4v) is 4.09. The molecule has 23 heavy (non-hydrogen) atoms. The van der Waals surface area contributed by atoms with Gasteiger partial charge in [-0.25, -0.2) is 12.8 Å². The first kappa shape index (κ1) is 15.8. The molecule has 0 aliphatic carbocycles. The van der Waals surface area contributed by atoms with Crippen molar-refractivity contribution in [3.8, 4) is 0 Å². The van der Waals surface area contributed by atoms with Gasteiger partial charge < -0.3 is 10.6 Å². The van der Waals surface area contributed by atoms with Crippen molar-refractivity contribution in [1.29, 1.82) is 0 Å². The van der Waals surface area contributed by atoms with E-state index in [9.17, 15) is 12.8 Å². The summed E-state index contributed by atoms with van der Waals surface area (Å²) in [6.45, 7) is 1.55. The van der Waals surface area contributed by atoms with Gasteiger partial charge in [0.25, 0.3) is 0 Å². The minimum absolute atomic E-state index is 0.228. The van der Waals surface area contributed by atoms with Crippen LogP contribution in [0.4, 0.5) is 15.8 Å². The summed E-state index contributed by atoms with van der Waals surface area (Å²) in [6, 6.07) is 12.7. The zero-order chi connectivity index (χ0) is 16.4. The summed E-state index contributed by atoms with van der Waals surface area (Å²) in [4.78, 5) is 2.09. The van der Waals surface area contributed by atoms with Crippen LogP contribution < -0.4 is 10.6 Å². The third-order valence-corrected chi connectivity index (χ3v) is 5.86. The Bertz CT molecular complexity index is 785. The summed E-state index contributed by atoms with van der Waals surface area (Å²) in [6.07, 6.45) is 0. The van der Waals surface area contributed by atoms with Crippen LogP contribution >= 0.6 is 0 Å². The molecule has 122 valence electrons. The Balaban J connectivity index is 1.74. The highest BCUT2D eigenvalue weighted by atomic mass is 32.2. The third-order valence-electron chi connectivity index (χ3n) is 3.95. The van der Waals surface area contributed by atoms with Crippen LogP contribution in [-0.4, -0.2) is 38.9 Å². The number of nitrogens with two attached hydrogens (primary N) is 1. The summed E-state index contributed by atoms with van der Waals surface area (Å²) in [7, 11) is -3.54. The molecule has 0 unspecified atom stereocenters. The van der Waals surface area contributed by atoms with Crippen molar-refractivity contribution >= 4 is 21.4 Å². The maximum Gasteiger partial charge on any atom is 0.243 e. The largest absolute Gasteiger partial charge is 0.399 e. The SMILES string of the molecule is Nc1ccc(S(=O)(=O)N2CCN(c3ccccc3F)CC2)cc1. The monoisotopic (exact) mass is 335 g/mol. The lowest BCUT2D eigenvalue weighted by Crippen LogP contribution is -2.48. The number of benzene rings is 2. The first-order valence-corrected chi connectivity index (χ1v) is 8.77. The molecule has 7 heteroatoms. The van der Waals surface area contributed by atoms with Crippen LogP contribution in [0, 0.1) is 5.82 Å². The molecule has 0 bridgehead atoms. The Morgan fingerprint density at radius 3 is 2.13 bits per heavy atom. The van der Waals surface area contributed by atoms with E-state index in [1.165, 1.54) is 22.5 Å². The molecule has 0 radical (unpaired) electrons. The first-order valence-electron chi connectivity index (χ1n) is 7.33. The molecule has 5 nitrogen and oxygen atoms in total. The van der Waals surface area contributed by atoms with Crippen molar-refractivity contribution in [1.82, 2.24) is 4.31 Å². The van der Waals surface area contributed by atoms with Crippen LogP contribution in [0.3, 0.4) is 0 Å². The van der Waals surface area contributed by atoms with E-state index in [0.29, 0.717) is 37.6 Å². The fraction of sp³-hybridized carbons (Fsp3) is 0.250. The lowest BCUT2D eigenvalue weighted by Gasteiger charge is -2.35. The zero-order valence-electron chi connectivity index (χ0n) is 12.5. The Labute approximate surface area is 135 Å². The number of anilines is 2. The summed E-state index contributed by atoms with van der Waals surface area (Å²) in [5.74, 6) is -0.289. The number of rotatable bonds is 3. The Hall–Kier alpha value is -2.12. The van der Waals surface area contributed by atoms with Gasteiger partial charge in [0.1, 0.15) is 5.82 Å². The molecule has 3 rings (SSSR count). The van der Waals surface area contributed by atoms with Crippen molar-refractivity contribution in [3.05, 3.63) is 54.3 Å². The van der Waals surface area contributed by atoms with Gasteiger partial charge in [-0.15, -0.1) is 0 Å². The standard InChI is InChI=1S/C16H18FN3O2S/c17-15-3-1-2-4-16(15)19-9-11-20(12-10-19)23(21,22)14-7-5-13(18)6-8-14/h1-8H,9-12,18H2. The average Bonchev–Trinajstić information content (AvgIpc) is 2.56. The van der Waals surface area contributed by atoms with E-state index in [4.69, 9.17) is 5.73 Å². The molecule has 2 aromatic carbocycles. The van der Waals surface area contributed by atoms with Gasteiger partial charge >= 0.3 is 0 Å². The number of para-hydroxylation sites is 1. The molecule has 1 fully saturated rings. The number of piperazine rings is 1. The van der Waals surface area contributed by atoms with Crippen LogP contribution in [0.1, 0.15) is 0 Å². The predicted molar refractivity (Wildman–Crippen MR) is 88.2 cm³/mol. The van der Waals surface area contributed by atoms with E-state index in [0.717, 1.165) is 0 Å². The number of hydrogen-bond acceptors (Lipinski definition) is 4. The Morgan fingerprint density at radius 1 is 0.913 bits per heavy atom. The van der Waals surface area contributed by atoms with E-state index in [-0.39, 0.29) is 10.7 Å². The smallest absolute Gasteiger partial charge is 0.243 e. The molecule has 0 atom stereocenters. The second-order valence-corrected chi connectivity index (χ2v) is 7.35. The highest BCUT2D eigenvalue weighted by Crippen LogP contribution is 2.23. The summed E-state index contributed by atoms with van der Waals surface area (Å²) in [5, 5.41) is 0. The van der Waals surface area contributed by atoms with Gasteiger partial charge in [0.15, 0.2) is 0 Å². The van der Waals surface area contributed by atoms with Gasteiger partial charge in [-0.05, 0) is 36.4 Å². The normalized spacial score (nSPS) is 16.5. The van der Waals surface area contributed by atoms with Crippen LogP contribution in [0.5, 0.6) is 0 Å². The Morgan fingerprint density at radius 2 is 1.52 bits per heavy atom. The second kappa shape index (κ2) is 6.17. The minimum Gasteiger partial charge on any atom is -0.399 e. The van der Waals surface area contributed by atoms with Gasteiger partial charge in [0, 0.05) is 31.9 Å². The van der Waals surface area contributed by atoms with Crippen molar-refractivity contribution in [3.63, 3.8) is 0 Å². The van der Waals surface area contributed by atoms with E-state index in [2.05, 4.69) is 0 Å². The lowest BCUT2D eigenvalue weighted by atomic mass is 10.2. The molecule has 1 heterocycles. The molecule has 2 aromatic rings. The summed E-state index contributed by atoms with van der Waals surface area (Å²) in [5.41, 5.74) is 6.63. The van der Waals surface area contributed by atoms with E-state index in [1.54, 1.807) is 30.3 Å². The first-order chi connectivity index (χ1) is 11.0. The molecule has 1 aliphatic heterocycles. The zero-order valence-corrected chi connectivity index (χ0v) is 13.3. The number of halogens is 1. The summed E-state index contributed by atoms with van der Waals surface area (Å²) < 4.78 is 40.5. The quantitative estimate of drug-likeness (QED) is 0.870. The maximum absolute atomic E-state index is 13.8. The van der Waals surface area contributed by atoms with Crippen LogP contribution in [0.15, 0.2) is 53.4 Å². The summed E-state index contributed by atoms with van der Waals surface area (Å²) >= 11 is 0. The third kappa shape index (κ3) is 3.16. The number of nitrogens with zero attached hydrogens (tertiary/aromatic N) is 2. The van der Waals surface area contributed by atoms with Gasteiger partial charge in [-0.3, -0.25) is 0 Å². The molecule has 0 aromatic heterocycles. The fourth-order valence-electron chi connectivity index (χ4n) is 2.67. The highest BCUT2D eigenvalue weighted by Gasteiger charge is 2.29. The molecule has 0 saturated carbocycles. The van der Waals surface area contributed by atoms with E-state index >= 15 is 0 Å². The van der Waals surface area contributed by atoms with Crippen molar-refractivity contribution in [2.45, 2.75) is 4.90 Å². The highest BCUT2D eigenvalue weighted by molar-refractivity contribution is 7.89. The predicted octanol–water partition coefficient (Wildman–Crippen LogP) is 1.92. The topological polar surface area (TPSA) is 66.6 Å². The molecular formula is C16H18FN3O2S. The Kier molecular flexibility index (Phi) is 4.23. The van der Waals surface area contributed by atoms with Crippen molar-refractivity contribution in [2.24, 2.45) is 0 Å². The van der Waals surface area contributed by atoms with Gasteiger partial charge in [0.05, 0.1) is 10.6 Å². The van der Waals surface area contributed by atoms with Crippen LogP contribution in [-0.2, 0) is 10.0 Å². The van der Waals surface area contributed by atoms with Crippen molar-refractivity contribution < 1.29 is 12.8 Å². The van der Waals surface area contributed by atoms with E-state index < -0.39 is 10.0 Å². The van der Waals surface area contributed by atoms with Crippen LogP contribution in [0.25, 0.3) is 0 Å². The lowest BCUT2D eigenvalue weighted by molar-refractivity contribution is 0.383. The van der Waals surface area contributed by atoms with Gasteiger partial charge in [-0.1, -0.05) is 12.1 Å². The molecule has 0 spiro atoms. The van der Waals surface area contributed by atoms with Gasteiger partial charge in [0.2, 0.25) is 10.0 Å². The van der Waals surface area contributed by atoms with Crippen molar-refractivity contribution in [2.75, 3.05) is 36.8 Å². The molecule has 1 saturated heterocycles. The number of sulfonamides is 1. The van der Waals surface area contributed by atoms with E-state index in [1.807, 2.05) is 4.90 Å². The average molecular weight is 335 g/mol. The number of nitrogen functional groups attached to an aromatic ring is 1. The molecule has 2 N–H and O–H groups in total. The van der Waals surface area contributed by atoms with Crippen LogP contribution in [0.2, 0.25) is 0 Å². The molecule has 1 aliphatic rings. The minimum atomic E-state index is -3.54. The second-order valence-electron chi connectivity index (χ2n) is 5.41.